The molecule has 1 heterocycles. The molecule has 1 aliphatic rings. The molecule has 1 nitrogen and oxygen atoms in total. The number of hydrogen-bond acceptors (Lipinski definition) is 2. The van der Waals surface area contributed by atoms with Crippen molar-refractivity contribution in [1.82, 2.24) is 5.32 Å². The number of halogens is 1. The molecule has 0 spiro atoms. The lowest BCUT2D eigenvalue weighted by Gasteiger charge is -2.23. The lowest BCUT2D eigenvalue weighted by Crippen LogP contribution is -2.28. The fraction of sp³-hybridized carbons (Fsp3) is 0.412. The number of aryl methyl sites for hydroxylation is 1. The van der Waals surface area contributed by atoms with E-state index < -0.39 is 0 Å². The molecule has 20 heavy (non-hydrogen) atoms. The monoisotopic (exact) mass is 305 g/mol. The minimum absolute atomic E-state index is 0.420. The molecule has 0 fully saturated rings. The first-order valence-electron chi connectivity index (χ1n) is 7.25. The van der Waals surface area contributed by atoms with Gasteiger partial charge in [-0.15, -0.1) is 11.3 Å². The van der Waals surface area contributed by atoms with Crippen LogP contribution in [0.4, 0.5) is 0 Å². The summed E-state index contributed by atoms with van der Waals surface area (Å²) in [4.78, 5) is 1.38. The van der Waals surface area contributed by atoms with Gasteiger partial charge in [0.1, 0.15) is 0 Å². The van der Waals surface area contributed by atoms with Crippen LogP contribution in [0.15, 0.2) is 30.3 Å². The number of thiophene rings is 1. The average Bonchev–Trinajstić information content (AvgIpc) is 3.00. The Balaban J connectivity index is 1.86. The Labute approximate surface area is 130 Å². The summed E-state index contributed by atoms with van der Waals surface area (Å²) in [6.45, 7) is 5.26. The number of benzene rings is 1. The molecule has 1 aromatic heterocycles. The van der Waals surface area contributed by atoms with Crippen LogP contribution in [0.1, 0.15) is 34.5 Å². The Bertz CT molecular complexity index is 560. The van der Waals surface area contributed by atoms with E-state index in [9.17, 15) is 0 Å². The van der Waals surface area contributed by atoms with Gasteiger partial charge in [0, 0.05) is 10.9 Å². The highest BCUT2D eigenvalue weighted by Crippen LogP contribution is 2.39. The number of hydrogen-bond donors (Lipinski definition) is 1. The van der Waals surface area contributed by atoms with Gasteiger partial charge in [0.05, 0.1) is 4.34 Å². The zero-order chi connectivity index (χ0) is 14.1. The first kappa shape index (κ1) is 14.1. The quantitative estimate of drug-likeness (QED) is 0.857. The maximum Gasteiger partial charge on any atom is 0.0960 e. The van der Waals surface area contributed by atoms with Crippen molar-refractivity contribution in [3.8, 4) is 0 Å². The summed E-state index contributed by atoms with van der Waals surface area (Å²) in [5.74, 6) is 0.640. The first-order chi connectivity index (χ1) is 9.69. The van der Waals surface area contributed by atoms with Crippen molar-refractivity contribution in [1.29, 1.82) is 0 Å². The Morgan fingerprint density at radius 3 is 2.45 bits per heavy atom. The fourth-order valence-electron chi connectivity index (χ4n) is 3.18. The topological polar surface area (TPSA) is 12.0 Å². The van der Waals surface area contributed by atoms with Gasteiger partial charge in [-0.2, -0.15) is 0 Å². The molecular weight excluding hydrogens is 286 g/mol. The van der Waals surface area contributed by atoms with Gasteiger partial charge in [-0.1, -0.05) is 42.8 Å². The maximum absolute atomic E-state index is 6.26. The van der Waals surface area contributed by atoms with E-state index in [4.69, 9.17) is 11.6 Å². The third-order valence-electron chi connectivity index (χ3n) is 4.16. The van der Waals surface area contributed by atoms with E-state index in [0.29, 0.717) is 12.0 Å². The van der Waals surface area contributed by atoms with Crippen LogP contribution in [0.25, 0.3) is 0 Å². The summed E-state index contributed by atoms with van der Waals surface area (Å²) in [5.41, 5.74) is 4.23. The van der Waals surface area contributed by atoms with Crippen LogP contribution >= 0.6 is 22.9 Å². The van der Waals surface area contributed by atoms with Crippen molar-refractivity contribution >= 4 is 22.9 Å². The smallest absolute Gasteiger partial charge is 0.0960 e. The summed E-state index contributed by atoms with van der Waals surface area (Å²) >= 11 is 7.99. The van der Waals surface area contributed by atoms with Crippen LogP contribution in [0.3, 0.4) is 0 Å². The van der Waals surface area contributed by atoms with Crippen LogP contribution < -0.4 is 5.32 Å². The molecule has 1 N–H and O–H groups in total. The molecular formula is C17H20ClNS. The predicted octanol–water partition coefficient (Wildman–Crippen LogP) is 4.78. The summed E-state index contributed by atoms with van der Waals surface area (Å²) in [6.07, 6.45) is 2.34. The van der Waals surface area contributed by atoms with Crippen molar-refractivity contribution in [2.75, 3.05) is 6.54 Å². The predicted molar refractivity (Wildman–Crippen MR) is 87.8 cm³/mol. The zero-order valence-electron chi connectivity index (χ0n) is 11.9. The van der Waals surface area contributed by atoms with Crippen LogP contribution in [0.2, 0.25) is 4.34 Å². The molecule has 1 atom stereocenters. The second kappa shape index (κ2) is 5.88. The van der Waals surface area contributed by atoms with Gasteiger partial charge in [-0.25, -0.2) is 0 Å². The van der Waals surface area contributed by atoms with Gasteiger partial charge in [0.2, 0.25) is 0 Å². The van der Waals surface area contributed by atoms with Crippen molar-refractivity contribution in [3.63, 3.8) is 0 Å². The molecule has 1 aliphatic carbocycles. The Morgan fingerprint density at radius 2 is 1.95 bits per heavy atom. The van der Waals surface area contributed by atoms with E-state index in [1.54, 1.807) is 11.3 Å². The summed E-state index contributed by atoms with van der Waals surface area (Å²) in [6, 6.07) is 11.5. The van der Waals surface area contributed by atoms with E-state index in [1.807, 2.05) is 0 Å². The molecule has 3 heteroatoms. The van der Waals surface area contributed by atoms with Gasteiger partial charge in [0.25, 0.3) is 0 Å². The first-order valence-corrected chi connectivity index (χ1v) is 8.44. The SMILES string of the molecule is CCNC(c1cc(C)c(Cl)s1)C1Cc2ccccc2C1. The summed E-state index contributed by atoms with van der Waals surface area (Å²) in [5, 5.41) is 3.67. The summed E-state index contributed by atoms with van der Waals surface area (Å²) in [7, 11) is 0. The molecule has 1 unspecified atom stereocenters. The van der Waals surface area contributed by atoms with Gasteiger partial charge < -0.3 is 5.32 Å². The normalized spacial score (nSPS) is 16.4. The molecule has 106 valence electrons. The van der Waals surface area contributed by atoms with Crippen molar-refractivity contribution in [2.45, 2.75) is 32.7 Å². The van der Waals surface area contributed by atoms with E-state index in [0.717, 1.165) is 10.9 Å². The Morgan fingerprint density at radius 1 is 1.30 bits per heavy atom. The maximum atomic E-state index is 6.26. The molecule has 2 aromatic rings. The van der Waals surface area contributed by atoms with Gasteiger partial charge >= 0.3 is 0 Å². The van der Waals surface area contributed by atoms with E-state index in [1.165, 1.54) is 34.4 Å². The van der Waals surface area contributed by atoms with Gasteiger partial charge in [-0.05, 0) is 55.0 Å². The number of rotatable bonds is 4. The minimum atomic E-state index is 0.420. The van der Waals surface area contributed by atoms with Crippen molar-refractivity contribution in [3.05, 3.63) is 56.2 Å². The average molecular weight is 306 g/mol. The minimum Gasteiger partial charge on any atom is -0.309 e. The van der Waals surface area contributed by atoms with Crippen LogP contribution in [-0.4, -0.2) is 6.54 Å². The third-order valence-corrected chi connectivity index (χ3v) is 5.80. The molecule has 0 saturated heterocycles. The number of fused-ring (bicyclic) bond motifs is 1. The van der Waals surface area contributed by atoms with Crippen LogP contribution in [0.5, 0.6) is 0 Å². The highest BCUT2D eigenvalue weighted by Gasteiger charge is 2.30. The van der Waals surface area contributed by atoms with Crippen molar-refractivity contribution < 1.29 is 0 Å². The molecule has 0 aliphatic heterocycles. The lowest BCUT2D eigenvalue weighted by molar-refractivity contribution is 0.386. The Kier molecular flexibility index (Phi) is 4.16. The Hall–Kier alpha value is -0.830. The highest BCUT2D eigenvalue weighted by molar-refractivity contribution is 7.16. The molecule has 0 saturated carbocycles. The fourth-order valence-corrected chi connectivity index (χ4v) is 4.57. The molecule has 0 radical (unpaired) electrons. The van der Waals surface area contributed by atoms with Crippen LogP contribution in [-0.2, 0) is 12.8 Å². The largest absolute Gasteiger partial charge is 0.309 e. The van der Waals surface area contributed by atoms with Crippen molar-refractivity contribution in [2.24, 2.45) is 5.92 Å². The van der Waals surface area contributed by atoms with Crippen LogP contribution in [0, 0.1) is 12.8 Å². The molecule has 3 rings (SSSR count). The molecule has 0 amide bonds. The highest BCUT2D eigenvalue weighted by atomic mass is 35.5. The van der Waals surface area contributed by atoms with E-state index >= 15 is 0 Å². The molecule has 0 bridgehead atoms. The van der Waals surface area contributed by atoms with E-state index in [2.05, 4.69) is 49.5 Å². The standard InChI is InChI=1S/C17H20ClNS/c1-3-19-16(15-8-11(2)17(18)20-15)14-9-12-6-4-5-7-13(12)10-14/h4-8,14,16,19H,3,9-10H2,1-2H3. The lowest BCUT2D eigenvalue weighted by atomic mass is 9.95. The van der Waals surface area contributed by atoms with Gasteiger partial charge in [-0.3, -0.25) is 0 Å². The third kappa shape index (κ3) is 2.65. The second-order valence-corrected chi connectivity index (χ2v) is 7.26. The zero-order valence-corrected chi connectivity index (χ0v) is 13.5. The molecule has 1 aromatic carbocycles. The van der Waals surface area contributed by atoms with E-state index in [-0.39, 0.29) is 0 Å². The number of nitrogens with one attached hydrogen (secondary N) is 1. The second-order valence-electron chi connectivity index (χ2n) is 5.58. The van der Waals surface area contributed by atoms with Gasteiger partial charge in [0.15, 0.2) is 0 Å². The summed E-state index contributed by atoms with van der Waals surface area (Å²) < 4.78 is 0.929.